The van der Waals surface area contributed by atoms with Gasteiger partial charge >= 0.3 is 0 Å². The largest absolute Gasteiger partial charge is 0.399 e. The van der Waals surface area contributed by atoms with Crippen LogP contribution >= 0.6 is 0 Å². The molecule has 6 nitrogen and oxygen atoms in total. The highest BCUT2D eigenvalue weighted by molar-refractivity contribution is 5.94. The first-order valence-corrected chi connectivity index (χ1v) is 8.64. The average molecular weight is 339 g/mol. The molecule has 1 aliphatic heterocycles. The predicted molar refractivity (Wildman–Crippen MR) is 101 cm³/mol. The van der Waals surface area contributed by atoms with Crippen LogP contribution in [0, 0.1) is 0 Å². The van der Waals surface area contributed by atoms with Crippen molar-refractivity contribution in [2.75, 3.05) is 50.4 Å². The Balaban J connectivity index is 1.55. The number of nitrogens with zero attached hydrogens (tertiary/aromatic N) is 3. The molecule has 1 aliphatic rings. The minimum Gasteiger partial charge on any atom is -0.399 e. The summed E-state index contributed by atoms with van der Waals surface area (Å²) in [6, 6.07) is 11.4. The number of aromatic nitrogens is 1. The maximum absolute atomic E-state index is 12.4. The van der Waals surface area contributed by atoms with E-state index < -0.39 is 0 Å². The van der Waals surface area contributed by atoms with E-state index in [-0.39, 0.29) is 5.91 Å². The van der Waals surface area contributed by atoms with Crippen LogP contribution in [0.25, 0.3) is 0 Å². The Kier molecular flexibility index (Phi) is 5.50. The number of hydrogen-bond donors (Lipinski definition) is 2. The number of pyridine rings is 1. The summed E-state index contributed by atoms with van der Waals surface area (Å²) in [4.78, 5) is 21.3. The van der Waals surface area contributed by atoms with Gasteiger partial charge in [-0.05, 0) is 43.3 Å². The molecule has 0 aliphatic carbocycles. The van der Waals surface area contributed by atoms with Crippen molar-refractivity contribution in [1.82, 2.24) is 15.2 Å². The Morgan fingerprint density at radius 1 is 1.16 bits per heavy atom. The van der Waals surface area contributed by atoms with E-state index in [1.807, 2.05) is 30.3 Å². The van der Waals surface area contributed by atoms with Gasteiger partial charge in [0.2, 0.25) is 0 Å². The molecule has 3 N–H and O–H groups in total. The van der Waals surface area contributed by atoms with Crippen molar-refractivity contribution in [2.24, 2.45) is 0 Å². The van der Waals surface area contributed by atoms with Crippen LogP contribution in [0.15, 0.2) is 42.6 Å². The molecule has 0 bridgehead atoms. The number of piperazine rings is 1. The van der Waals surface area contributed by atoms with Crippen LogP contribution in [0.5, 0.6) is 0 Å². The number of nitrogens with one attached hydrogen (secondary N) is 1. The second-order valence-electron chi connectivity index (χ2n) is 6.44. The van der Waals surface area contributed by atoms with E-state index >= 15 is 0 Å². The molecule has 1 saturated heterocycles. The topological polar surface area (TPSA) is 74.5 Å². The molecule has 6 heteroatoms. The van der Waals surface area contributed by atoms with E-state index in [9.17, 15) is 4.79 Å². The third-order valence-electron chi connectivity index (χ3n) is 4.51. The summed E-state index contributed by atoms with van der Waals surface area (Å²) in [5.41, 5.74) is 8.24. The molecule has 25 heavy (non-hydrogen) atoms. The van der Waals surface area contributed by atoms with Gasteiger partial charge in [-0.25, -0.2) is 4.98 Å². The first-order valence-electron chi connectivity index (χ1n) is 8.64. The molecule has 1 aromatic heterocycles. The van der Waals surface area contributed by atoms with Gasteiger partial charge in [0.1, 0.15) is 5.82 Å². The Bertz CT molecular complexity index is 708. The van der Waals surface area contributed by atoms with E-state index in [4.69, 9.17) is 5.73 Å². The zero-order valence-corrected chi connectivity index (χ0v) is 14.6. The number of hydrogen-bond acceptors (Lipinski definition) is 5. The Morgan fingerprint density at radius 3 is 2.60 bits per heavy atom. The number of benzene rings is 1. The zero-order chi connectivity index (χ0) is 17.6. The lowest BCUT2D eigenvalue weighted by Crippen LogP contribution is -2.44. The average Bonchev–Trinajstić information content (AvgIpc) is 2.64. The molecular formula is C19H25N5O. The second-order valence-corrected chi connectivity index (χ2v) is 6.44. The number of anilines is 2. The standard InChI is InChI=1S/C19H25N5O/c1-23-10-12-24(13-11-23)18-14-16(7-9-21-18)19(25)22-8-6-15-2-4-17(20)5-3-15/h2-5,7,9,14H,6,8,10-13,20H2,1H3,(H,22,25). The number of rotatable bonds is 5. The molecule has 0 unspecified atom stereocenters. The van der Waals surface area contributed by atoms with Gasteiger partial charge in [-0.1, -0.05) is 12.1 Å². The van der Waals surface area contributed by atoms with Crippen LogP contribution in [0.2, 0.25) is 0 Å². The lowest BCUT2D eigenvalue weighted by Gasteiger charge is -2.33. The number of likely N-dealkylation sites (N-methyl/N-ethyl adjacent to an activating group) is 1. The smallest absolute Gasteiger partial charge is 0.251 e. The fourth-order valence-electron chi connectivity index (χ4n) is 2.87. The van der Waals surface area contributed by atoms with Crippen LogP contribution in [-0.4, -0.2) is 55.6 Å². The molecule has 0 atom stereocenters. The van der Waals surface area contributed by atoms with E-state index in [0.717, 1.165) is 49.7 Å². The van der Waals surface area contributed by atoms with Gasteiger partial charge < -0.3 is 20.9 Å². The lowest BCUT2D eigenvalue weighted by atomic mass is 10.1. The highest BCUT2D eigenvalue weighted by Gasteiger charge is 2.16. The first-order chi connectivity index (χ1) is 12.1. The molecule has 132 valence electrons. The summed E-state index contributed by atoms with van der Waals surface area (Å²) in [5, 5.41) is 2.97. The van der Waals surface area contributed by atoms with Gasteiger partial charge in [-0.3, -0.25) is 4.79 Å². The third kappa shape index (κ3) is 4.70. The Hall–Kier alpha value is -2.60. The van der Waals surface area contributed by atoms with Crippen LogP contribution in [0.3, 0.4) is 0 Å². The zero-order valence-electron chi connectivity index (χ0n) is 14.6. The highest BCUT2D eigenvalue weighted by atomic mass is 16.1. The van der Waals surface area contributed by atoms with Crippen molar-refractivity contribution >= 4 is 17.4 Å². The molecule has 0 spiro atoms. The van der Waals surface area contributed by atoms with Gasteiger partial charge in [0.05, 0.1) is 0 Å². The quantitative estimate of drug-likeness (QED) is 0.805. The Labute approximate surface area is 148 Å². The van der Waals surface area contributed by atoms with Crippen molar-refractivity contribution in [3.8, 4) is 0 Å². The molecule has 0 radical (unpaired) electrons. The fourth-order valence-corrected chi connectivity index (χ4v) is 2.87. The monoisotopic (exact) mass is 339 g/mol. The van der Waals surface area contributed by atoms with Gasteiger partial charge in [0.25, 0.3) is 5.91 Å². The summed E-state index contributed by atoms with van der Waals surface area (Å²) < 4.78 is 0. The third-order valence-corrected chi connectivity index (χ3v) is 4.51. The fraction of sp³-hybridized carbons (Fsp3) is 0.368. The highest BCUT2D eigenvalue weighted by Crippen LogP contribution is 2.15. The molecule has 0 saturated carbocycles. The normalized spacial score (nSPS) is 15.2. The van der Waals surface area contributed by atoms with Crippen molar-refractivity contribution in [3.05, 3.63) is 53.7 Å². The van der Waals surface area contributed by atoms with Gasteiger partial charge in [0, 0.05) is 50.2 Å². The predicted octanol–water partition coefficient (Wildman–Crippen LogP) is 1.39. The lowest BCUT2D eigenvalue weighted by molar-refractivity contribution is 0.0954. The molecule has 2 aromatic rings. The number of carbonyl (C=O) groups excluding carboxylic acids is 1. The summed E-state index contributed by atoms with van der Waals surface area (Å²) in [6.07, 6.45) is 2.49. The first kappa shape index (κ1) is 17.2. The van der Waals surface area contributed by atoms with Gasteiger partial charge in [-0.2, -0.15) is 0 Å². The van der Waals surface area contributed by atoms with Crippen LogP contribution in [0.1, 0.15) is 15.9 Å². The minimum absolute atomic E-state index is 0.0618. The molecule has 1 amide bonds. The number of amides is 1. The number of nitrogen functional groups attached to an aromatic ring is 1. The van der Waals surface area contributed by atoms with Gasteiger partial charge in [0.15, 0.2) is 0 Å². The molecule has 2 heterocycles. The maximum Gasteiger partial charge on any atom is 0.251 e. The summed E-state index contributed by atoms with van der Waals surface area (Å²) >= 11 is 0. The van der Waals surface area contributed by atoms with Crippen LogP contribution in [-0.2, 0) is 6.42 Å². The van der Waals surface area contributed by atoms with E-state index in [2.05, 4.69) is 27.1 Å². The molecular weight excluding hydrogens is 314 g/mol. The summed E-state index contributed by atoms with van der Waals surface area (Å²) in [6.45, 7) is 4.49. The van der Waals surface area contributed by atoms with E-state index in [1.54, 1.807) is 12.3 Å². The van der Waals surface area contributed by atoms with Crippen molar-refractivity contribution in [1.29, 1.82) is 0 Å². The van der Waals surface area contributed by atoms with E-state index in [1.165, 1.54) is 0 Å². The van der Waals surface area contributed by atoms with Crippen molar-refractivity contribution in [3.63, 3.8) is 0 Å². The SMILES string of the molecule is CN1CCN(c2cc(C(=O)NCCc3ccc(N)cc3)ccn2)CC1. The van der Waals surface area contributed by atoms with Crippen molar-refractivity contribution in [2.45, 2.75) is 6.42 Å². The molecule has 3 rings (SSSR count). The van der Waals surface area contributed by atoms with Crippen molar-refractivity contribution < 1.29 is 4.79 Å². The second kappa shape index (κ2) is 7.98. The van der Waals surface area contributed by atoms with E-state index in [0.29, 0.717) is 12.1 Å². The molecule has 1 aromatic carbocycles. The summed E-state index contributed by atoms with van der Waals surface area (Å²) in [7, 11) is 2.12. The maximum atomic E-state index is 12.4. The number of nitrogens with two attached hydrogens (primary N) is 1. The summed E-state index contributed by atoms with van der Waals surface area (Å²) in [5.74, 6) is 0.813. The van der Waals surface area contributed by atoms with Crippen LogP contribution < -0.4 is 16.0 Å². The molecule has 1 fully saturated rings. The van der Waals surface area contributed by atoms with Crippen LogP contribution in [0.4, 0.5) is 11.5 Å². The minimum atomic E-state index is -0.0618. The number of carbonyl (C=O) groups is 1. The Morgan fingerprint density at radius 2 is 1.88 bits per heavy atom. The van der Waals surface area contributed by atoms with Gasteiger partial charge in [-0.15, -0.1) is 0 Å².